The average molecular weight is 332 g/mol. The summed E-state index contributed by atoms with van der Waals surface area (Å²) in [5.74, 6) is -1.16. The number of H-pyrrole nitrogens is 1. The number of carboxylic acid groups (broad SMARTS) is 1. The van der Waals surface area contributed by atoms with Crippen LogP contribution in [0.4, 0.5) is 4.79 Å². The number of aliphatic carboxylic acids is 1. The lowest BCUT2D eigenvalue weighted by Crippen LogP contribution is -2.46. The van der Waals surface area contributed by atoms with Crippen LogP contribution >= 0.6 is 0 Å². The minimum atomic E-state index is -0.797. The molecule has 0 radical (unpaired) electrons. The monoisotopic (exact) mass is 332 g/mol. The molecule has 0 unspecified atom stereocenters. The van der Waals surface area contributed by atoms with Crippen LogP contribution in [0.15, 0.2) is 29.1 Å². The first-order valence-electron chi connectivity index (χ1n) is 7.99. The number of amides is 2. The number of likely N-dealkylation sites (tertiary alicyclic amines) is 1. The Bertz CT molecular complexity index is 802. The van der Waals surface area contributed by atoms with E-state index in [0.29, 0.717) is 39.0 Å². The summed E-state index contributed by atoms with van der Waals surface area (Å²) in [5, 5.41) is 11.8. The Morgan fingerprint density at radius 3 is 2.67 bits per heavy atom. The molecule has 2 aromatic rings. The molecule has 3 N–H and O–H groups in total. The minimum Gasteiger partial charge on any atom is -0.481 e. The van der Waals surface area contributed by atoms with E-state index in [1.54, 1.807) is 9.47 Å². The standard InChI is InChI=1S/C16H20N4O4/c21-14(22)11-5-8-19(9-6-11)15(23)17-7-10-20-13-4-2-1-3-12(13)18-16(20)24/h1-4,11H,5-10H2,(H,17,23)(H,18,24)(H,21,22). The fourth-order valence-electron chi connectivity index (χ4n) is 3.04. The van der Waals surface area contributed by atoms with Crippen molar-refractivity contribution in [3.8, 4) is 0 Å². The molecule has 3 rings (SSSR count). The third kappa shape index (κ3) is 3.27. The number of nitrogens with one attached hydrogen (secondary N) is 2. The molecule has 2 heterocycles. The number of carbonyl (C=O) groups is 2. The molecule has 1 aliphatic rings. The maximum absolute atomic E-state index is 12.1. The number of para-hydroxylation sites is 2. The van der Waals surface area contributed by atoms with Crippen LogP contribution in [-0.4, -0.2) is 51.2 Å². The van der Waals surface area contributed by atoms with Gasteiger partial charge in [-0.05, 0) is 25.0 Å². The fourth-order valence-corrected chi connectivity index (χ4v) is 3.04. The van der Waals surface area contributed by atoms with Crippen molar-refractivity contribution in [2.75, 3.05) is 19.6 Å². The van der Waals surface area contributed by atoms with Crippen molar-refractivity contribution in [3.63, 3.8) is 0 Å². The Morgan fingerprint density at radius 1 is 1.25 bits per heavy atom. The van der Waals surface area contributed by atoms with Gasteiger partial charge in [0.05, 0.1) is 17.0 Å². The smallest absolute Gasteiger partial charge is 0.326 e. The van der Waals surface area contributed by atoms with Crippen LogP contribution in [0.1, 0.15) is 12.8 Å². The zero-order valence-electron chi connectivity index (χ0n) is 13.2. The second-order valence-electron chi connectivity index (χ2n) is 5.93. The Labute approximate surface area is 138 Å². The molecule has 1 aromatic heterocycles. The number of hydrogen-bond donors (Lipinski definition) is 3. The number of fused-ring (bicyclic) bond motifs is 1. The largest absolute Gasteiger partial charge is 0.481 e. The van der Waals surface area contributed by atoms with Crippen LogP contribution in [0, 0.1) is 5.92 Å². The summed E-state index contributed by atoms with van der Waals surface area (Å²) in [6.07, 6.45) is 0.954. The van der Waals surface area contributed by atoms with Gasteiger partial charge in [0.2, 0.25) is 0 Å². The zero-order chi connectivity index (χ0) is 17.1. The number of carboxylic acids is 1. The van der Waals surface area contributed by atoms with Crippen molar-refractivity contribution in [1.82, 2.24) is 19.8 Å². The maximum Gasteiger partial charge on any atom is 0.326 e. The van der Waals surface area contributed by atoms with Gasteiger partial charge in [-0.25, -0.2) is 9.59 Å². The zero-order valence-corrected chi connectivity index (χ0v) is 13.2. The number of nitrogens with zero attached hydrogens (tertiary/aromatic N) is 2. The van der Waals surface area contributed by atoms with Crippen molar-refractivity contribution >= 4 is 23.0 Å². The Kier molecular flexibility index (Phi) is 4.54. The van der Waals surface area contributed by atoms with E-state index in [4.69, 9.17) is 5.11 Å². The molecule has 1 aromatic carbocycles. The predicted octanol–water partition coefficient (Wildman–Crippen LogP) is 0.836. The number of rotatable bonds is 4. The fraction of sp³-hybridized carbons (Fsp3) is 0.438. The van der Waals surface area contributed by atoms with Crippen LogP contribution < -0.4 is 11.0 Å². The van der Waals surface area contributed by atoms with Gasteiger partial charge < -0.3 is 20.3 Å². The normalized spacial score (nSPS) is 15.6. The number of hydrogen-bond acceptors (Lipinski definition) is 3. The van der Waals surface area contributed by atoms with Crippen molar-refractivity contribution in [1.29, 1.82) is 0 Å². The summed E-state index contributed by atoms with van der Waals surface area (Å²) >= 11 is 0. The lowest BCUT2D eigenvalue weighted by atomic mass is 9.97. The quantitative estimate of drug-likeness (QED) is 0.771. The molecule has 0 spiro atoms. The van der Waals surface area contributed by atoms with E-state index in [1.165, 1.54) is 0 Å². The van der Waals surface area contributed by atoms with Crippen LogP contribution in [0.3, 0.4) is 0 Å². The first kappa shape index (κ1) is 16.1. The summed E-state index contributed by atoms with van der Waals surface area (Å²) in [7, 11) is 0. The van der Waals surface area contributed by atoms with Crippen molar-refractivity contribution in [2.45, 2.75) is 19.4 Å². The molecule has 128 valence electrons. The topological polar surface area (TPSA) is 107 Å². The average Bonchev–Trinajstić information content (AvgIpc) is 2.90. The molecule has 1 saturated heterocycles. The summed E-state index contributed by atoms with van der Waals surface area (Å²) < 4.78 is 1.59. The van der Waals surface area contributed by atoms with E-state index < -0.39 is 5.97 Å². The molecule has 24 heavy (non-hydrogen) atoms. The molecule has 0 bridgehead atoms. The Hall–Kier alpha value is -2.77. The van der Waals surface area contributed by atoms with Gasteiger partial charge in [0, 0.05) is 26.2 Å². The van der Waals surface area contributed by atoms with E-state index in [9.17, 15) is 14.4 Å². The number of benzene rings is 1. The van der Waals surface area contributed by atoms with Gasteiger partial charge in [0.25, 0.3) is 0 Å². The van der Waals surface area contributed by atoms with Gasteiger partial charge in [-0.2, -0.15) is 0 Å². The third-order valence-electron chi connectivity index (χ3n) is 4.42. The first-order chi connectivity index (χ1) is 11.6. The van der Waals surface area contributed by atoms with Gasteiger partial charge in [-0.3, -0.25) is 9.36 Å². The highest BCUT2D eigenvalue weighted by Gasteiger charge is 2.26. The van der Waals surface area contributed by atoms with Crippen molar-refractivity contribution < 1.29 is 14.7 Å². The molecular weight excluding hydrogens is 312 g/mol. The number of aromatic nitrogens is 2. The van der Waals surface area contributed by atoms with E-state index in [2.05, 4.69) is 10.3 Å². The number of imidazole rings is 1. The Balaban J connectivity index is 1.53. The summed E-state index contributed by atoms with van der Waals surface area (Å²) in [6.45, 7) is 1.59. The van der Waals surface area contributed by atoms with Gasteiger partial charge in [0.1, 0.15) is 0 Å². The first-order valence-corrected chi connectivity index (χ1v) is 7.99. The highest BCUT2D eigenvalue weighted by molar-refractivity contribution is 5.76. The molecule has 8 nitrogen and oxygen atoms in total. The summed E-state index contributed by atoms with van der Waals surface area (Å²) in [6, 6.07) is 7.18. The number of aromatic amines is 1. The lowest BCUT2D eigenvalue weighted by molar-refractivity contribution is -0.143. The van der Waals surface area contributed by atoms with E-state index in [0.717, 1.165) is 11.0 Å². The van der Waals surface area contributed by atoms with Crippen molar-refractivity contribution in [3.05, 3.63) is 34.7 Å². The van der Waals surface area contributed by atoms with Crippen LogP contribution in [0.2, 0.25) is 0 Å². The highest BCUT2D eigenvalue weighted by atomic mass is 16.4. The highest BCUT2D eigenvalue weighted by Crippen LogP contribution is 2.17. The molecule has 0 aliphatic carbocycles. The minimum absolute atomic E-state index is 0.201. The van der Waals surface area contributed by atoms with Crippen LogP contribution in [0.5, 0.6) is 0 Å². The molecule has 1 fully saturated rings. The van der Waals surface area contributed by atoms with E-state index >= 15 is 0 Å². The molecule has 0 saturated carbocycles. The molecule has 0 atom stereocenters. The van der Waals surface area contributed by atoms with Crippen molar-refractivity contribution in [2.24, 2.45) is 5.92 Å². The van der Waals surface area contributed by atoms with Gasteiger partial charge in [0.15, 0.2) is 0 Å². The second kappa shape index (κ2) is 6.77. The second-order valence-corrected chi connectivity index (χ2v) is 5.93. The molecule has 1 aliphatic heterocycles. The lowest BCUT2D eigenvalue weighted by Gasteiger charge is -2.30. The maximum atomic E-state index is 12.1. The Morgan fingerprint density at radius 2 is 1.96 bits per heavy atom. The molecule has 8 heteroatoms. The number of urea groups is 1. The van der Waals surface area contributed by atoms with Crippen LogP contribution in [-0.2, 0) is 11.3 Å². The molecule has 2 amide bonds. The summed E-state index contributed by atoms with van der Waals surface area (Å²) in [4.78, 5) is 39.4. The SMILES string of the molecule is O=C(O)C1CCN(C(=O)NCCn2c(=O)[nH]c3ccccc32)CC1. The number of piperidine rings is 1. The third-order valence-corrected chi connectivity index (χ3v) is 4.42. The molecular formula is C16H20N4O4. The van der Waals surface area contributed by atoms with E-state index in [-0.39, 0.29) is 17.6 Å². The van der Waals surface area contributed by atoms with Gasteiger partial charge >= 0.3 is 17.7 Å². The van der Waals surface area contributed by atoms with E-state index in [1.807, 2.05) is 24.3 Å². The number of carbonyl (C=O) groups excluding carboxylic acids is 1. The van der Waals surface area contributed by atoms with Gasteiger partial charge in [-0.1, -0.05) is 12.1 Å². The van der Waals surface area contributed by atoms with Gasteiger partial charge in [-0.15, -0.1) is 0 Å². The summed E-state index contributed by atoms with van der Waals surface area (Å²) in [5.41, 5.74) is 1.37. The predicted molar refractivity (Wildman–Crippen MR) is 87.9 cm³/mol. The van der Waals surface area contributed by atoms with Crippen LogP contribution in [0.25, 0.3) is 11.0 Å².